The van der Waals surface area contributed by atoms with E-state index in [0.717, 1.165) is 24.0 Å². The van der Waals surface area contributed by atoms with E-state index in [0.29, 0.717) is 18.7 Å². The molecule has 2 aromatic rings. The molecule has 0 bridgehead atoms. The lowest BCUT2D eigenvalue weighted by Gasteiger charge is -2.28. The molecule has 0 saturated carbocycles. The Morgan fingerprint density at radius 1 is 0.861 bits per heavy atom. The van der Waals surface area contributed by atoms with E-state index in [2.05, 4.69) is 12.2 Å². The molecule has 0 saturated heterocycles. The van der Waals surface area contributed by atoms with Crippen molar-refractivity contribution in [3.05, 3.63) is 71.3 Å². The lowest BCUT2D eigenvalue weighted by atomic mass is 10.1. The number of hydrogen-bond acceptors (Lipinski definition) is 4. The molecule has 1 atom stereocenters. The highest BCUT2D eigenvalue weighted by atomic mass is 16.7. The summed E-state index contributed by atoms with van der Waals surface area (Å²) in [5, 5.41) is 13.7. The van der Waals surface area contributed by atoms with Crippen LogP contribution in [0.3, 0.4) is 0 Å². The molecule has 0 fully saturated rings. The predicted molar refractivity (Wildman–Crippen MR) is 145 cm³/mol. The number of hydroxylamine groups is 2. The van der Waals surface area contributed by atoms with Crippen molar-refractivity contribution in [3.63, 3.8) is 0 Å². The monoisotopic (exact) mass is 496 g/mol. The van der Waals surface area contributed by atoms with Crippen LogP contribution in [0.5, 0.6) is 0 Å². The van der Waals surface area contributed by atoms with E-state index < -0.39 is 12.6 Å². The van der Waals surface area contributed by atoms with Crippen molar-refractivity contribution < 1.29 is 19.5 Å². The van der Waals surface area contributed by atoms with Gasteiger partial charge in [0.25, 0.3) is 5.91 Å². The molecule has 6 heteroatoms. The zero-order valence-electron chi connectivity index (χ0n) is 22.1. The van der Waals surface area contributed by atoms with Gasteiger partial charge in [-0.1, -0.05) is 107 Å². The topological polar surface area (TPSA) is 78.9 Å². The molecular formula is C30H44N2O4. The molecule has 36 heavy (non-hydrogen) atoms. The first kappa shape index (κ1) is 29.5. The second-order valence-electron chi connectivity index (χ2n) is 9.46. The van der Waals surface area contributed by atoms with Gasteiger partial charge in [0.2, 0.25) is 0 Å². The Labute approximate surface area is 217 Å². The van der Waals surface area contributed by atoms with Crippen LogP contribution < -0.4 is 5.32 Å². The van der Waals surface area contributed by atoms with Gasteiger partial charge in [0, 0.05) is 18.7 Å². The van der Waals surface area contributed by atoms with Crippen molar-refractivity contribution in [1.82, 2.24) is 10.4 Å². The van der Waals surface area contributed by atoms with Crippen LogP contribution in [0.15, 0.2) is 54.6 Å². The Morgan fingerprint density at radius 2 is 1.44 bits per heavy atom. The smallest absolute Gasteiger partial charge is 0.331 e. The Hall–Kier alpha value is -2.70. The third-order valence-electron chi connectivity index (χ3n) is 6.44. The van der Waals surface area contributed by atoms with Crippen LogP contribution in [-0.4, -0.2) is 35.2 Å². The number of hydrogen-bond donors (Lipinski definition) is 2. The van der Waals surface area contributed by atoms with E-state index in [4.69, 9.17) is 9.94 Å². The van der Waals surface area contributed by atoms with Crippen LogP contribution in [-0.2, 0) is 16.2 Å². The Kier molecular flexibility index (Phi) is 14.5. The van der Waals surface area contributed by atoms with Crippen LogP contribution in [0, 0.1) is 0 Å². The second-order valence-corrected chi connectivity index (χ2v) is 9.46. The van der Waals surface area contributed by atoms with Crippen LogP contribution in [0.4, 0.5) is 0 Å². The van der Waals surface area contributed by atoms with Crippen molar-refractivity contribution in [2.45, 2.75) is 90.6 Å². The van der Waals surface area contributed by atoms with Crippen molar-refractivity contribution in [2.75, 3.05) is 13.2 Å². The summed E-state index contributed by atoms with van der Waals surface area (Å²) in [4.78, 5) is 29.1. The summed E-state index contributed by atoms with van der Waals surface area (Å²) >= 11 is 0. The van der Waals surface area contributed by atoms with E-state index in [1.54, 1.807) is 5.06 Å². The number of carboxylic acids is 1. The van der Waals surface area contributed by atoms with Crippen molar-refractivity contribution in [3.8, 4) is 0 Å². The molecule has 2 aromatic carbocycles. The normalized spacial score (nSPS) is 12.0. The zero-order valence-corrected chi connectivity index (χ0v) is 22.1. The average Bonchev–Trinajstić information content (AvgIpc) is 2.90. The summed E-state index contributed by atoms with van der Waals surface area (Å²) in [6.45, 7) is 4.92. The van der Waals surface area contributed by atoms with Gasteiger partial charge >= 0.3 is 5.97 Å². The van der Waals surface area contributed by atoms with Crippen molar-refractivity contribution in [2.24, 2.45) is 0 Å². The zero-order chi connectivity index (χ0) is 26.0. The molecular weight excluding hydrogens is 452 g/mol. The van der Waals surface area contributed by atoms with Gasteiger partial charge in [0.1, 0.15) is 0 Å². The molecule has 6 nitrogen and oxygen atoms in total. The minimum atomic E-state index is -1.02. The maximum atomic E-state index is 12.5. The summed E-state index contributed by atoms with van der Waals surface area (Å²) in [6, 6.07) is 17.1. The molecule has 2 rings (SSSR count). The fourth-order valence-corrected chi connectivity index (χ4v) is 4.19. The standard InChI is InChI=1S/C30H44N2O4/c1-3-4-5-6-7-8-9-10-11-15-22-31-30(35)28-20-18-26(19-21-28)23-32(36-24-29(33)34)25(2)27-16-13-12-14-17-27/h12-14,16-21,25H,3-11,15,22-24H2,1-2H3,(H,31,35)(H,33,34). The number of unbranched alkanes of at least 4 members (excludes halogenated alkanes) is 9. The van der Waals surface area contributed by atoms with E-state index in [1.807, 2.05) is 61.5 Å². The van der Waals surface area contributed by atoms with Gasteiger partial charge < -0.3 is 10.4 Å². The maximum Gasteiger partial charge on any atom is 0.331 e. The van der Waals surface area contributed by atoms with E-state index in [9.17, 15) is 9.59 Å². The summed E-state index contributed by atoms with van der Waals surface area (Å²) in [6.07, 6.45) is 12.7. The maximum absolute atomic E-state index is 12.5. The molecule has 0 radical (unpaired) electrons. The van der Waals surface area contributed by atoms with Gasteiger partial charge in [-0.2, -0.15) is 5.06 Å². The molecule has 0 spiro atoms. The third kappa shape index (κ3) is 11.8. The number of aliphatic carboxylic acids is 1. The summed E-state index contributed by atoms with van der Waals surface area (Å²) in [7, 11) is 0. The first-order valence-electron chi connectivity index (χ1n) is 13.5. The van der Waals surface area contributed by atoms with E-state index >= 15 is 0 Å². The summed E-state index contributed by atoms with van der Waals surface area (Å²) < 4.78 is 0. The molecule has 0 aliphatic heterocycles. The largest absolute Gasteiger partial charge is 0.479 e. The molecule has 1 unspecified atom stereocenters. The highest BCUT2D eigenvalue weighted by molar-refractivity contribution is 5.94. The molecule has 198 valence electrons. The molecule has 0 aromatic heterocycles. The van der Waals surface area contributed by atoms with Crippen molar-refractivity contribution in [1.29, 1.82) is 0 Å². The number of rotatable bonds is 19. The number of benzene rings is 2. The molecule has 2 N–H and O–H groups in total. The Bertz CT molecular complexity index is 870. The number of carbonyl (C=O) groups is 2. The molecule has 0 heterocycles. The summed E-state index contributed by atoms with van der Waals surface area (Å²) in [5.74, 6) is -1.08. The van der Waals surface area contributed by atoms with Crippen LogP contribution >= 0.6 is 0 Å². The van der Waals surface area contributed by atoms with Gasteiger partial charge in [0.15, 0.2) is 6.61 Å². The number of nitrogens with zero attached hydrogens (tertiary/aromatic N) is 1. The molecule has 0 aliphatic carbocycles. The highest BCUT2D eigenvalue weighted by Crippen LogP contribution is 2.23. The third-order valence-corrected chi connectivity index (χ3v) is 6.44. The number of amides is 1. The average molecular weight is 497 g/mol. The second kappa shape index (κ2) is 17.7. The van der Waals surface area contributed by atoms with Crippen LogP contribution in [0.25, 0.3) is 0 Å². The first-order chi connectivity index (χ1) is 17.5. The summed E-state index contributed by atoms with van der Waals surface area (Å²) in [5.41, 5.74) is 2.60. The van der Waals surface area contributed by atoms with E-state index in [-0.39, 0.29) is 11.9 Å². The lowest BCUT2D eigenvalue weighted by Crippen LogP contribution is -2.29. The molecule has 1 amide bonds. The van der Waals surface area contributed by atoms with E-state index in [1.165, 1.54) is 51.4 Å². The molecule has 0 aliphatic rings. The van der Waals surface area contributed by atoms with Gasteiger partial charge in [-0.15, -0.1) is 0 Å². The van der Waals surface area contributed by atoms with Gasteiger partial charge in [0.05, 0.1) is 6.04 Å². The van der Waals surface area contributed by atoms with Gasteiger partial charge in [-0.05, 0) is 36.6 Å². The van der Waals surface area contributed by atoms with Crippen molar-refractivity contribution >= 4 is 11.9 Å². The highest BCUT2D eigenvalue weighted by Gasteiger charge is 2.18. The number of nitrogens with one attached hydrogen (secondary N) is 1. The predicted octanol–water partition coefficient (Wildman–Crippen LogP) is 6.92. The fourth-order valence-electron chi connectivity index (χ4n) is 4.19. The minimum absolute atomic E-state index is 0.0610. The van der Waals surface area contributed by atoms with Gasteiger partial charge in [-0.3, -0.25) is 9.63 Å². The van der Waals surface area contributed by atoms with Crippen LogP contribution in [0.2, 0.25) is 0 Å². The Morgan fingerprint density at radius 3 is 2.03 bits per heavy atom. The minimum Gasteiger partial charge on any atom is -0.479 e. The first-order valence-corrected chi connectivity index (χ1v) is 13.5. The van der Waals surface area contributed by atoms with Crippen LogP contribution in [0.1, 0.15) is 106 Å². The quantitative estimate of drug-likeness (QED) is 0.163. The fraction of sp³-hybridized carbons (Fsp3) is 0.533. The number of carbonyl (C=O) groups excluding carboxylic acids is 1. The Balaban J connectivity index is 1.74. The van der Waals surface area contributed by atoms with Gasteiger partial charge in [-0.25, -0.2) is 4.79 Å². The number of carboxylic acid groups (broad SMARTS) is 1. The lowest BCUT2D eigenvalue weighted by molar-refractivity contribution is -0.202. The SMILES string of the molecule is CCCCCCCCCCCCNC(=O)c1ccc(CN(OCC(=O)O)C(C)c2ccccc2)cc1.